The van der Waals surface area contributed by atoms with E-state index in [1.54, 1.807) is 4.52 Å². The molecule has 0 aromatic carbocycles. The molecular weight excluding hydrogens is 310 g/mol. The highest BCUT2D eigenvalue weighted by atomic mass is 16.5. The summed E-state index contributed by atoms with van der Waals surface area (Å²) in [5.41, 5.74) is 2.70. The van der Waals surface area contributed by atoms with E-state index in [0.717, 1.165) is 17.0 Å². The molecule has 2 rings (SSSR count). The Kier molecular flexibility index (Phi) is 5.48. The highest BCUT2D eigenvalue weighted by Gasteiger charge is 2.24. The van der Waals surface area contributed by atoms with Crippen LogP contribution in [0.4, 0.5) is 0 Å². The number of amides is 1. The van der Waals surface area contributed by atoms with Crippen LogP contribution in [0.25, 0.3) is 5.78 Å². The van der Waals surface area contributed by atoms with Crippen molar-refractivity contribution in [3.63, 3.8) is 0 Å². The Bertz CT molecular complexity index is 753. The fourth-order valence-corrected chi connectivity index (χ4v) is 2.63. The van der Waals surface area contributed by atoms with Gasteiger partial charge in [-0.25, -0.2) is 14.3 Å². The van der Waals surface area contributed by atoms with E-state index < -0.39 is 12.0 Å². The van der Waals surface area contributed by atoms with Crippen LogP contribution in [0.3, 0.4) is 0 Å². The fraction of sp³-hybridized carbons (Fsp3) is 0.562. The average Bonchev–Trinajstić information content (AvgIpc) is 2.99. The Labute approximate surface area is 140 Å². The molecule has 1 N–H and O–H groups in total. The summed E-state index contributed by atoms with van der Waals surface area (Å²) >= 11 is 0. The molecule has 8 nitrogen and oxygen atoms in total. The first-order valence-electron chi connectivity index (χ1n) is 7.88. The van der Waals surface area contributed by atoms with Crippen molar-refractivity contribution in [1.82, 2.24) is 24.9 Å². The van der Waals surface area contributed by atoms with Crippen LogP contribution in [0, 0.1) is 19.8 Å². The maximum Gasteiger partial charge on any atom is 0.328 e. The smallest absolute Gasteiger partial charge is 0.328 e. The largest absolute Gasteiger partial charge is 0.467 e. The molecule has 130 valence electrons. The molecule has 0 saturated carbocycles. The summed E-state index contributed by atoms with van der Waals surface area (Å²) in [6.07, 6.45) is 2.22. The molecule has 1 atom stereocenters. The molecule has 0 saturated heterocycles. The van der Waals surface area contributed by atoms with E-state index >= 15 is 0 Å². The van der Waals surface area contributed by atoms with Crippen molar-refractivity contribution >= 4 is 17.7 Å². The summed E-state index contributed by atoms with van der Waals surface area (Å²) in [7, 11) is 1.32. The zero-order valence-electron chi connectivity index (χ0n) is 14.7. The molecule has 0 bridgehead atoms. The van der Waals surface area contributed by atoms with Gasteiger partial charge in [0, 0.05) is 17.8 Å². The van der Waals surface area contributed by atoms with Crippen molar-refractivity contribution in [2.75, 3.05) is 7.11 Å². The Morgan fingerprint density at radius 1 is 1.33 bits per heavy atom. The van der Waals surface area contributed by atoms with Crippen LogP contribution < -0.4 is 5.32 Å². The van der Waals surface area contributed by atoms with Crippen LogP contribution in [-0.4, -0.2) is 44.6 Å². The second-order valence-corrected chi connectivity index (χ2v) is 6.05. The number of carbonyl (C=O) groups is 2. The second kappa shape index (κ2) is 7.37. The SMILES string of the molecule is COC(=O)[C@H](NC(=O)CCc1c(C)nc2ncnn2c1C)C(C)C. The maximum absolute atomic E-state index is 12.2. The van der Waals surface area contributed by atoms with Gasteiger partial charge in [0.25, 0.3) is 5.78 Å². The van der Waals surface area contributed by atoms with E-state index in [1.165, 1.54) is 13.4 Å². The van der Waals surface area contributed by atoms with Crippen molar-refractivity contribution in [2.24, 2.45) is 5.92 Å². The maximum atomic E-state index is 12.2. The minimum Gasteiger partial charge on any atom is -0.467 e. The first kappa shape index (κ1) is 17.8. The number of nitrogens with zero attached hydrogens (tertiary/aromatic N) is 4. The molecule has 8 heteroatoms. The Hall–Kier alpha value is -2.51. The summed E-state index contributed by atoms with van der Waals surface area (Å²) in [6.45, 7) is 7.53. The van der Waals surface area contributed by atoms with E-state index in [9.17, 15) is 9.59 Å². The van der Waals surface area contributed by atoms with Gasteiger partial charge in [-0.15, -0.1) is 0 Å². The highest BCUT2D eigenvalue weighted by molar-refractivity contribution is 5.84. The number of esters is 1. The van der Waals surface area contributed by atoms with Crippen molar-refractivity contribution in [1.29, 1.82) is 0 Å². The predicted molar refractivity (Wildman–Crippen MR) is 87.4 cm³/mol. The van der Waals surface area contributed by atoms with E-state index in [4.69, 9.17) is 4.74 Å². The van der Waals surface area contributed by atoms with Crippen LogP contribution in [0.2, 0.25) is 0 Å². The van der Waals surface area contributed by atoms with E-state index in [1.807, 2.05) is 27.7 Å². The Balaban J connectivity index is 2.07. The molecular formula is C16H23N5O3. The van der Waals surface area contributed by atoms with Crippen LogP contribution in [-0.2, 0) is 20.7 Å². The lowest BCUT2D eigenvalue weighted by molar-refractivity contribution is -0.146. The summed E-state index contributed by atoms with van der Waals surface area (Å²) in [5, 5.41) is 6.87. The predicted octanol–water partition coefficient (Wildman–Crippen LogP) is 0.988. The monoisotopic (exact) mass is 333 g/mol. The second-order valence-electron chi connectivity index (χ2n) is 6.05. The standard InChI is InChI=1S/C16H23N5O3/c1-9(2)14(15(23)24-5)20-13(22)7-6-12-10(3)19-16-17-8-18-21(16)11(12)4/h8-9,14H,6-7H2,1-5H3,(H,20,22)/t14-/m1/s1. The number of aryl methyl sites for hydroxylation is 2. The van der Waals surface area contributed by atoms with Gasteiger partial charge in [-0.2, -0.15) is 10.1 Å². The normalized spacial score (nSPS) is 12.4. The number of nitrogens with one attached hydrogen (secondary N) is 1. The van der Waals surface area contributed by atoms with Gasteiger partial charge in [0.2, 0.25) is 5.91 Å². The quantitative estimate of drug-likeness (QED) is 0.792. The van der Waals surface area contributed by atoms with Gasteiger partial charge in [-0.05, 0) is 31.7 Å². The van der Waals surface area contributed by atoms with Crippen molar-refractivity contribution < 1.29 is 14.3 Å². The van der Waals surface area contributed by atoms with Crippen LogP contribution >= 0.6 is 0 Å². The number of carbonyl (C=O) groups excluding carboxylic acids is 2. The molecule has 0 aliphatic rings. The summed E-state index contributed by atoms with van der Waals surface area (Å²) in [4.78, 5) is 32.4. The molecule has 0 fully saturated rings. The minimum atomic E-state index is -0.638. The van der Waals surface area contributed by atoms with Crippen molar-refractivity contribution in [3.8, 4) is 0 Å². The summed E-state index contributed by atoms with van der Waals surface area (Å²) in [6, 6.07) is -0.638. The van der Waals surface area contributed by atoms with Crippen LogP contribution in [0.15, 0.2) is 6.33 Å². The summed E-state index contributed by atoms with van der Waals surface area (Å²) < 4.78 is 6.39. The topological polar surface area (TPSA) is 98.5 Å². The molecule has 2 heterocycles. The van der Waals surface area contributed by atoms with Gasteiger partial charge in [0.05, 0.1) is 7.11 Å². The molecule has 1 amide bonds. The van der Waals surface area contributed by atoms with E-state index in [-0.39, 0.29) is 18.2 Å². The Morgan fingerprint density at radius 2 is 2.04 bits per heavy atom. The zero-order chi connectivity index (χ0) is 17.9. The van der Waals surface area contributed by atoms with E-state index in [2.05, 4.69) is 20.4 Å². The molecule has 2 aromatic heterocycles. The lowest BCUT2D eigenvalue weighted by Gasteiger charge is -2.20. The third-order valence-electron chi connectivity index (χ3n) is 4.03. The summed E-state index contributed by atoms with van der Waals surface area (Å²) in [5.74, 6) is -0.130. The molecule has 0 spiro atoms. The van der Waals surface area contributed by atoms with Crippen molar-refractivity contribution in [2.45, 2.75) is 46.6 Å². The van der Waals surface area contributed by atoms with Gasteiger partial charge in [0.15, 0.2) is 0 Å². The molecule has 0 aliphatic carbocycles. The van der Waals surface area contributed by atoms with Gasteiger partial charge in [-0.3, -0.25) is 4.79 Å². The number of rotatable bonds is 6. The molecule has 0 aliphatic heterocycles. The Morgan fingerprint density at radius 3 is 2.67 bits per heavy atom. The number of ether oxygens (including phenoxy) is 1. The first-order chi connectivity index (χ1) is 11.3. The number of fused-ring (bicyclic) bond motifs is 1. The minimum absolute atomic E-state index is 0.0435. The zero-order valence-corrected chi connectivity index (χ0v) is 14.7. The third-order valence-corrected chi connectivity index (χ3v) is 4.03. The molecule has 0 unspecified atom stereocenters. The average molecular weight is 333 g/mol. The van der Waals surface area contributed by atoms with E-state index in [0.29, 0.717) is 12.2 Å². The van der Waals surface area contributed by atoms with Gasteiger partial charge in [0.1, 0.15) is 12.4 Å². The van der Waals surface area contributed by atoms with Gasteiger partial charge in [-0.1, -0.05) is 13.8 Å². The number of hydrogen-bond donors (Lipinski definition) is 1. The number of methoxy groups -OCH3 is 1. The fourth-order valence-electron chi connectivity index (χ4n) is 2.63. The highest BCUT2D eigenvalue weighted by Crippen LogP contribution is 2.15. The molecule has 24 heavy (non-hydrogen) atoms. The van der Waals surface area contributed by atoms with Crippen LogP contribution in [0.5, 0.6) is 0 Å². The van der Waals surface area contributed by atoms with Gasteiger partial charge < -0.3 is 10.1 Å². The van der Waals surface area contributed by atoms with Gasteiger partial charge >= 0.3 is 5.97 Å². The van der Waals surface area contributed by atoms with Crippen LogP contribution in [0.1, 0.15) is 37.2 Å². The first-order valence-corrected chi connectivity index (χ1v) is 7.88. The molecule has 2 aromatic rings. The number of hydrogen-bond acceptors (Lipinski definition) is 6. The van der Waals surface area contributed by atoms with Crippen molar-refractivity contribution in [3.05, 3.63) is 23.3 Å². The number of aromatic nitrogens is 4. The molecule has 0 radical (unpaired) electrons. The lowest BCUT2D eigenvalue weighted by Crippen LogP contribution is -2.45. The third kappa shape index (κ3) is 3.69. The lowest BCUT2D eigenvalue weighted by atomic mass is 10.0.